The fourth-order valence-corrected chi connectivity index (χ4v) is 3.65. The number of hydrogen-bond donors (Lipinski definition) is 2. The van der Waals surface area contributed by atoms with Crippen molar-refractivity contribution in [1.82, 2.24) is 15.1 Å². The smallest absolute Gasteiger partial charge is 0.254 e. The zero-order chi connectivity index (χ0) is 17.0. The Morgan fingerprint density at radius 1 is 1.19 bits per heavy atom. The molecule has 2 heterocycles. The SMILES string of the molecule is COC1(C(=O)N2CCN(Cc3cccc(O)c3)CC2)CCNCC1.Cl.Cl. The van der Waals surface area contributed by atoms with Gasteiger partial charge in [-0.05, 0) is 43.6 Å². The molecule has 0 saturated carbocycles. The van der Waals surface area contributed by atoms with E-state index >= 15 is 0 Å². The highest BCUT2D eigenvalue weighted by Gasteiger charge is 2.42. The van der Waals surface area contributed by atoms with Crippen molar-refractivity contribution in [3.05, 3.63) is 29.8 Å². The number of phenolic OH excluding ortho intramolecular Hbond substituents is 1. The van der Waals surface area contributed by atoms with Crippen LogP contribution in [0.4, 0.5) is 0 Å². The van der Waals surface area contributed by atoms with Crippen LogP contribution >= 0.6 is 24.8 Å². The van der Waals surface area contributed by atoms with Crippen LogP contribution in [0.3, 0.4) is 0 Å². The van der Waals surface area contributed by atoms with E-state index in [0.29, 0.717) is 5.75 Å². The van der Waals surface area contributed by atoms with Crippen LogP contribution in [0.2, 0.25) is 0 Å². The number of carbonyl (C=O) groups excluding carboxylic acids is 1. The summed E-state index contributed by atoms with van der Waals surface area (Å²) in [5, 5.41) is 12.9. The number of piperidine rings is 1. The van der Waals surface area contributed by atoms with E-state index in [2.05, 4.69) is 10.2 Å². The Labute approximate surface area is 167 Å². The Morgan fingerprint density at radius 3 is 2.42 bits per heavy atom. The van der Waals surface area contributed by atoms with E-state index in [4.69, 9.17) is 4.74 Å². The van der Waals surface area contributed by atoms with Gasteiger partial charge < -0.3 is 20.1 Å². The maximum Gasteiger partial charge on any atom is 0.254 e. The predicted molar refractivity (Wildman–Crippen MR) is 106 cm³/mol. The number of piperazine rings is 1. The number of nitrogens with one attached hydrogen (secondary N) is 1. The van der Waals surface area contributed by atoms with Crippen molar-refractivity contribution in [1.29, 1.82) is 0 Å². The average Bonchev–Trinajstić information content (AvgIpc) is 2.62. The van der Waals surface area contributed by atoms with Gasteiger partial charge in [-0.3, -0.25) is 9.69 Å². The first-order chi connectivity index (χ1) is 11.6. The minimum Gasteiger partial charge on any atom is -0.508 e. The van der Waals surface area contributed by atoms with Crippen LogP contribution in [0, 0.1) is 0 Å². The van der Waals surface area contributed by atoms with E-state index in [1.165, 1.54) is 0 Å². The second-order valence-corrected chi connectivity index (χ2v) is 6.69. The van der Waals surface area contributed by atoms with E-state index in [1.54, 1.807) is 19.2 Å². The lowest BCUT2D eigenvalue weighted by molar-refractivity contribution is -0.160. The van der Waals surface area contributed by atoms with Gasteiger partial charge in [0.25, 0.3) is 5.91 Å². The van der Waals surface area contributed by atoms with Crippen LogP contribution in [0.1, 0.15) is 18.4 Å². The lowest BCUT2D eigenvalue weighted by atomic mass is 9.90. The van der Waals surface area contributed by atoms with Crippen molar-refractivity contribution in [2.75, 3.05) is 46.4 Å². The Bertz CT molecular complexity index is 575. The van der Waals surface area contributed by atoms with Crippen LogP contribution in [-0.2, 0) is 16.1 Å². The van der Waals surface area contributed by atoms with E-state index in [-0.39, 0.29) is 30.7 Å². The molecule has 0 bridgehead atoms. The van der Waals surface area contributed by atoms with Gasteiger partial charge in [0.15, 0.2) is 0 Å². The summed E-state index contributed by atoms with van der Waals surface area (Å²) >= 11 is 0. The summed E-state index contributed by atoms with van der Waals surface area (Å²) in [6, 6.07) is 7.37. The number of halogens is 2. The normalized spacial score (nSPS) is 20.0. The Kier molecular flexibility index (Phi) is 9.13. The average molecular weight is 406 g/mol. The fraction of sp³-hybridized carbons (Fsp3) is 0.611. The first-order valence-electron chi connectivity index (χ1n) is 8.68. The van der Waals surface area contributed by atoms with Gasteiger partial charge in [-0.25, -0.2) is 0 Å². The summed E-state index contributed by atoms with van der Waals surface area (Å²) in [5.74, 6) is 0.442. The maximum atomic E-state index is 12.9. The van der Waals surface area contributed by atoms with Crippen LogP contribution in [0.25, 0.3) is 0 Å². The minimum absolute atomic E-state index is 0. The lowest BCUT2D eigenvalue weighted by Crippen LogP contribution is -2.59. The molecule has 3 rings (SSSR count). The number of aromatic hydroxyl groups is 1. The third-order valence-electron chi connectivity index (χ3n) is 5.17. The van der Waals surface area contributed by atoms with Gasteiger partial charge >= 0.3 is 0 Å². The molecule has 2 aliphatic heterocycles. The number of methoxy groups -OCH3 is 1. The summed E-state index contributed by atoms with van der Waals surface area (Å²) in [7, 11) is 1.65. The molecular formula is C18H29Cl2N3O3. The van der Waals surface area contributed by atoms with Gasteiger partial charge in [0.2, 0.25) is 0 Å². The second kappa shape index (κ2) is 10.3. The summed E-state index contributed by atoms with van der Waals surface area (Å²) < 4.78 is 5.66. The molecular weight excluding hydrogens is 377 g/mol. The molecule has 148 valence electrons. The number of nitrogens with zero attached hydrogens (tertiary/aromatic N) is 2. The van der Waals surface area contributed by atoms with Crippen molar-refractivity contribution in [2.45, 2.75) is 25.0 Å². The number of rotatable bonds is 4. The van der Waals surface area contributed by atoms with Gasteiger partial charge in [-0.2, -0.15) is 0 Å². The summed E-state index contributed by atoms with van der Waals surface area (Å²) in [5.41, 5.74) is 0.458. The first-order valence-corrected chi connectivity index (χ1v) is 8.68. The molecule has 0 aliphatic carbocycles. The van der Waals surface area contributed by atoms with Gasteiger partial charge in [-0.15, -0.1) is 24.8 Å². The fourth-order valence-electron chi connectivity index (χ4n) is 3.65. The molecule has 1 amide bonds. The highest BCUT2D eigenvalue weighted by Crippen LogP contribution is 2.26. The molecule has 0 unspecified atom stereocenters. The Morgan fingerprint density at radius 2 is 1.85 bits per heavy atom. The lowest BCUT2D eigenvalue weighted by Gasteiger charge is -2.42. The number of phenols is 1. The van der Waals surface area contributed by atoms with Gasteiger partial charge in [0.1, 0.15) is 11.4 Å². The zero-order valence-corrected chi connectivity index (χ0v) is 16.8. The molecule has 0 radical (unpaired) electrons. The highest BCUT2D eigenvalue weighted by molar-refractivity contribution is 5.86. The molecule has 2 saturated heterocycles. The van der Waals surface area contributed by atoms with E-state index < -0.39 is 5.60 Å². The van der Waals surface area contributed by atoms with Gasteiger partial charge in [-0.1, -0.05) is 12.1 Å². The Balaban J connectivity index is 0.00000169. The highest BCUT2D eigenvalue weighted by atomic mass is 35.5. The molecule has 0 spiro atoms. The topological polar surface area (TPSA) is 65.0 Å². The number of benzene rings is 1. The minimum atomic E-state index is -0.640. The van der Waals surface area contributed by atoms with Gasteiger partial charge in [0, 0.05) is 39.8 Å². The quantitative estimate of drug-likeness (QED) is 0.796. The van der Waals surface area contributed by atoms with Crippen molar-refractivity contribution in [2.24, 2.45) is 0 Å². The van der Waals surface area contributed by atoms with E-state index in [1.807, 2.05) is 17.0 Å². The number of hydrogen-bond acceptors (Lipinski definition) is 5. The van der Waals surface area contributed by atoms with Crippen LogP contribution < -0.4 is 5.32 Å². The van der Waals surface area contributed by atoms with Crippen LogP contribution in [0.15, 0.2) is 24.3 Å². The van der Waals surface area contributed by atoms with Crippen LogP contribution in [-0.4, -0.2) is 72.8 Å². The summed E-state index contributed by atoms with van der Waals surface area (Å²) in [4.78, 5) is 17.2. The number of amides is 1. The number of carbonyl (C=O) groups is 1. The Hall–Kier alpha value is -1.05. The van der Waals surface area contributed by atoms with Crippen LogP contribution in [0.5, 0.6) is 5.75 Å². The predicted octanol–water partition coefficient (Wildman–Crippen LogP) is 1.65. The van der Waals surface area contributed by atoms with Crippen molar-refractivity contribution < 1.29 is 14.6 Å². The third-order valence-corrected chi connectivity index (χ3v) is 5.17. The summed E-state index contributed by atoms with van der Waals surface area (Å²) in [6.45, 7) is 5.62. The first kappa shape index (κ1) is 23.0. The zero-order valence-electron chi connectivity index (χ0n) is 15.1. The van der Waals surface area contributed by atoms with Gasteiger partial charge in [0.05, 0.1) is 0 Å². The maximum absolute atomic E-state index is 12.9. The van der Waals surface area contributed by atoms with E-state index in [9.17, 15) is 9.90 Å². The molecule has 1 aromatic rings. The third kappa shape index (κ3) is 5.24. The van der Waals surface area contributed by atoms with E-state index in [0.717, 1.165) is 64.2 Å². The van der Waals surface area contributed by atoms with Crippen molar-refractivity contribution >= 4 is 30.7 Å². The van der Waals surface area contributed by atoms with Crippen molar-refractivity contribution in [3.8, 4) is 5.75 Å². The molecule has 2 fully saturated rings. The molecule has 8 heteroatoms. The molecule has 26 heavy (non-hydrogen) atoms. The number of ether oxygens (including phenoxy) is 1. The molecule has 2 N–H and O–H groups in total. The molecule has 1 aromatic carbocycles. The molecule has 2 aliphatic rings. The monoisotopic (exact) mass is 405 g/mol. The standard InChI is InChI=1S/C18H27N3O3.2ClH/c1-24-18(5-7-19-8-6-18)17(23)21-11-9-20(10-12-21)14-15-3-2-4-16(22)13-15;;/h2-4,13,19,22H,5-12,14H2,1H3;2*1H. The largest absolute Gasteiger partial charge is 0.508 e. The second-order valence-electron chi connectivity index (χ2n) is 6.69. The molecule has 0 atom stereocenters. The van der Waals surface area contributed by atoms with Crippen molar-refractivity contribution in [3.63, 3.8) is 0 Å². The molecule has 6 nitrogen and oxygen atoms in total. The summed E-state index contributed by atoms with van der Waals surface area (Å²) in [6.07, 6.45) is 1.48. The molecule has 0 aromatic heterocycles.